The molecule has 2 heterocycles. The number of ether oxygens (including phenoxy) is 2. The summed E-state index contributed by atoms with van der Waals surface area (Å²) in [6.45, 7) is 0. The van der Waals surface area contributed by atoms with Crippen LogP contribution in [-0.2, 0) is 11.0 Å². The van der Waals surface area contributed by atoms with Crippen molar-refractivity contribution in [1.82, 2.24) is 15.0 Å². The number of methoxy groups -OCH3 is 2. The van der Waals surface area contributed by atoms with E-state index in [1.165, 1.54) is 6.20 Å². The Balaban J connectivity index is 0.000000398. The standard InChI is InChI=1S/C23H23N5O3S.C6H5NO/c1-24-15-7-6-8-19(13-15)32(29)28-23-22(26-20-9-4-5-10-21(20)27-23)25-16-11-17(30-2)14-18(12-16)31-3;8-5-6-2-1-3-7-4-6/h4-14,24H,1-3H3,(H,25,26)(H,27,28);1-5H. The Labute approximate surface area is 234 Å². The summed E-state index contributed by atoms with van der Waals surface area (Å²) in [6, 6.07) is 23.7. The highest BCUT2D eigenvalue weighted by molar-refractivity contribution is 7.86. The number of hydrogen-bond donors (Lipinski definition) is 3. The van der Waals surface area contributed by atoms with Crippen LogP contribution in [0.3, 0.4) is 0 Å². The molecular formula is C29H28N6O4S. The summed E-state index contributed by atoms with van der Waals surface area (Å²) in [5.41, 5.74) is 3.57. The summed E-state index contributed by atoms with van der Waals surface area (Å²) in [4.78, 5) is 23.7. The van der Waals surface area contributed by atoms with Crippen molar-refractivity contribution in [3.63, 3.8) is 0 Å². The van der Waals surface area contributed by atoms with Crippen LogP contribution in [0.1, 0.15) is 10.4 Å². The van der Waals surface area contributed by atoms with Gasteiger partial charge in [0.25, 0.3) is 0 Å². The largest absolute Gasteiger partial charge is 0.497 e. The molecule has 0 spiro atoms. The predicted molar refractivity (Wildman–Crippen MR) is 158 cm³/mol. The smallest absolute Gasteiger partial charge is 0.182 e. The molecule has 0 saturated carbocycles. The van der Waals surface area contributed by atoms with Gasteiger partial charge in [-0.25, -0.2) is 14.2 Å². The number of nitrogens with one attached hydrogen (secondary N) is 3. The molecule has 1 atom stereocenters. The normalized spacial score (nSPS) is 11.0. The van der Waals surface area contributed by atoms with Crippen LogP contribution in [0.4, 0.5) is 23.0 Å². The summed E-state index contributed by atoms with van der Waals surface area (Å²) in [5.74, 6) is 2.04. The number of pyridine rings is 1. The van der Waals surface area contributed by atoms with Gasteiger partial charge in [0.15, 0.2) is 28.9 Å². The van der Waals surface area contributed by atoms with E-state index in [4.69, 9.17) is 14.5 Å². The number of carbonyl (C=O) groups is 1. The van der Waals surface area contributed by atoms with E-state index in [2.05, 4.69) is 25.3 Å². The first-order valence-corrected chi connectivity index (χ1v) is 13.3. The monoisotopic (exact) mass is 556 g/mol. The lowest BCUT2D eigenvalue weighted by Crippen LogP contribution is -2.10. The summed E-state index contributed by atoms with van der Waals surface area (Å²) >= 11 is 0. The lowest BCUT2D eigenvalue weighted by Gasteiger charge is -2.15. The van der Waals surface area contributed by atoms with Crippen molar-refractivity contribution >= 4 is 51.3 Å². The second kappa shape index (κ2) is 13.7. The van der Waals surface area contributed by atoms with Crippen LogP contribution >= 0.6 is 0 Å². The predicted octanol–water partition coefficient (Wildman–Crippen LogP) is 5.46. The Hall–Kier alpha value is -5.03. The fraction of sp³-hybridized carbons (Fsp3) is 0.103. The van der Waals surface area contributed by atoms with Gasteiger partial charge in [-0.05, 0) is 42.5 Å². The number of hydrogen-bond acceptors (Lipinski definition) is 9. The molecule has 11 heteroatoms. The van der Waals surface area contributed by atoms with Gasteiger partial charge in [0.05, 0.1) is 30.1 Å². The van der Waals surface area contributed by atoms with Crippen LogP contribution < -0.4 is 24.8 Å². The van der Waals surface area contributed by atoms with Gasteiger partial charge in [-0.1, -0.05) is 18.2 Å². The molecule has 0 radical (unpaired) electrons. The molecule has 5 rings (SSSR count). The fourth-order valence-electron chi connectivity index (χ4n) is 3.53. The zero-order valence-electron chi connectivity index (χ0n) is 22.1. The molecule has 5 aromatic rings. The minimum Gasteiger partial charge on any atom is -0.497 e. The van der Waals surface area contributed by atoms with Gasteiger partial charge >= 0.3 is 0 Å². The number of para-hydroxylation sites is 2. The number of carbonyl (C=O) groups excluding carboxylic acids is 1. The molecule has 0 bridgehead atoms. The third-order valence-electron chi connectivity index (χ3n) is 5.53. The van der Waals surface area contributed by atoms with Crippen molar-refractivity contribution in [2.24, 2.45) is 0 Å². The number of nitrogens with zero attached hydrogens (tertiary/aromatic N) is 3. The Morgan fingerprint density at radius 3 is 2.08 bits per heavy atom. The van der Waals surface area contributed by atoms with E-state index in [9.17, 15) is 9.00 Å². The van der Waals surface area contributed by atoms with Gasteiger partial charge in [-0.3, -0.25) is 14.5 Å². The van der Waals surface area contributed by atoms with Gasteiger partial charge in [0, 0.05) is 54.6 Å². The third-order valence-corrected chi connectivity index (χ3v) is 6.59. The average Bonchev–Trinajstić information content (AvgIpc) is 3.01. The molecule has 1 unspecified atom stereocenters. The van der Waals surface area contributed by atoms with Gasteiger partial charge in [-0.2, -0.15) is 0 Å². The highest BCUT2D eigenvalue weighted by atomic mass is 32.2. The van der Waals surface area contributed by atoms with Crippen LogP contribution in [0.5, 0.6) is 11.5 Å². The number of benzene rings is 3. The summed E-state index contributed by atoms with van der Waals surface area (Å²) in [7, 11) is 3.44. The number of aromatic nitrogens is 3. The van der Waals surface area contributed by atoms with E-state index in [1.807, 2.05) is 61.6 Å². The van der Waals surface area contributed by atoms with E-state index in [0.717, 1.165) is 12.0 Å². The van der Waals surface area contributed by atoms with E-state index in [-0.39, 0.29) is 0 Å². The maximum Gasteiger partial charge on any atom is 0.182 e. The van der Waals surface area contributed by atoms with Crippen LogP contribution in [0, 0.1) is 0 Å². The van der Waals surface area contributed by atoms with Crippen LogP contribution in [-0.4, -0.2) is 46.7 Å². The van der Waals surface area contributed by atoms with Gasteiger partial charge in [0.1, 0.15) is 11.5 Å². The SMILES string of the molecule is CNc1cccc(S(=O)Nc2nc3ccccc3nc2Nc2cc(OC)cc(OC)c2)c1.O=Cc1cccnc1. The quantitative estimate of drug-likeness (QED) is 0.203. The lowest BCUT2D eigenvalue weighted by atomic mass is 10.2. The molecule has 3 aromatic carbocycles. The molecule has 0 saturated heterocycles. The van der Waals surface area contributed by atoms with Crippen molar-refractivity contribution in [3.05, 3.63) is 96.8 Å². The fourth-order valence-corrected chi connectivity index (χ4v) is 4.41. The van der Waals surface area contributed by atoms with Gasteiger partial charge < -0.3 is 20.1 Å². The third kappa shape index (κ3) is 7.29. The molecule has 0 amide bonds. The van der Waals surface area contributed by atoms with Crippen molar-refractivity contribution in [3.8, 4) is 11.5 Å². The Kier molecular flexibility index (Phi) is 9.57. The van der Waals surface area contributed by atoms with Crippen molar-refractivity contribution in [2.45, 2.75) is 4.90 Å². The second-order valence-corrected chi connectivity index (χ2v) is 9.40. The van der Waals surface area contributed by atoms with Gasteiger partial charge in [0.2, 0.25) is 0 Å². The van der Waals surface area contributed by atoms with Crippen molar-refractivity contribution in [2.75, 3.05) is 36.6 Å². The first-order chi connectivity index (χ1) is 19.5. The van der Waals surface area contributed by atoms with Crippen LogP contribution in [0.2, 0.25) is 0 Å². The minimum absolute atomic E-state index is 0.360. The molecule has 3 N–H and O–H groups in total. The Morgan fingerprint density at radius 1 is 0.800 bits per heavy atom. The van der Waals surface area contributed by atoms with E-state index >= 15 is 0 Å². The summed E-state index contributed by atoms with van der Waals surface area (Å²) in [6.07, 6.45) is 3.92. The Bertz CT molecular complexity index is 1600. The number of rotatable bonds is 9. The molecule has 10 nitrogen and oxygen atoms in total. The molecule has 0 aliphatic carbocycles. The first-order valence-electron chi connectivity index (χ1n) is 12.1. The maximum atomic E-state index is 13.1. The molecule has 0 aliphatic rings. The molecule has 2 aromatic heterocycles. The van der Waals surface area contributed by atoms with E-state index in [0.29, 0.717) is 50.3 Å². The zero-order chi connectivity index (χ0) is 28.3. The van der Waals surface area contributed by atoms with Gasteiger partial charge in [-0.15, -0.1) is 0 Å². The Morgan fingerprint density at radius 2 is 1.50 bits per heavy atom. The maximum absolute atomic E-state index is 13.1. The molecule has 204 valence electrons. The molecule has 0 aliphatic heterocycles. The highest BCUT2D eigenvalue weighted by Crippen LogP contribution is 2.31. The molecule has 40 heavy (non-hydrogen) atoms. The van der Waals surface area contributed by atoms with Crippen molar-refractivity contribution < 1.29 is 18.5 Å². The second-order valence-electron chi connectivity index (χ2n) is 8.19. The highest BCUT2D eigenvalue weighted by Gasteiger charge is 2.14. The van der Waals surface area contributed by atoms with Crippen molar-refractivity contribution in [1.29, 1.82) is 0 Å². The first kappa shape index (κ1) is 28.0. The summed E-state index contributed by atoms with van der Waals surface area (Å²) in [5, 5.41) is 6.30. The number of fused-ring (bicyclic) bond motifs is 1. The van der Waals surface area contributed by atoms with E-state index < -0.39 is 11.0 Å². The topological polar surface area (TPSA) is 127 Å². The lowest BCUT2D eigenvalue weighted by molar-refractivity contribution is 0.112. The zero-order valence-corrected chi connectivity index (χ0v) is 22.9. The number of anilines is 4. The summed E-state index contributed by atoms with van der Waals surface area (Å²) < 4.78 is 26.8. The van der Waals surface area contributed by atoms with E-state index in [1.54, 1.807) is 44.7 Å². The average molecular weight is 557 g/mol. The molecular weight excluding hydrogens is 528 g/mol. The van der Waals surface area contributed by atoms with Crippen LogP contribution in [0.25, 0.3) is 11.0 Å². The minimum atomic E-state index is -1.55. The van der Waals surface area contributed by atoms with Crippen LogP contribution in [0.15, 0.2) is 96.2 Å². The number of aldehydes is 1. The molecule has 0 fully saturated rings.